The Morgan fingerprint density at radius 3 is 2.87 bits per heavy atom. The summed E-state index contributed by atoms with van der Waals surface area (Å²) in [4.78, 5) is 14.0. The smallest absolute Gasteiger partial charge is 0.317 e. The number of urea groups is 1. The van der Waals surface area contributed by atoms with Crippen molar-refractivity contribution in [2.75, 3.05) is 12.3 Å². The number of carbonyl (C=O) groups is 1. The number of hydrogen-bond acceptors (Lipinski definition) is 4. The van der Waals surface area contributed by atoms with Gasteiger partial charge in [0.1, 0.15) is 5.58 Å². The second-order valence-corrected chi connectivity index (χ2v) is 8.40. The van der Waals surface area contributed by atoms with Crippen molar-refractivity contribution in [1.29, 1.82) is 0 Å². The zero-order chi connectivity index (χ0) is 16.6. The van der Waals surface area contributed by atoms with E-state index in [-0.39, 0.29) is 24.4 Å². The summed E-state index contributed by atoms with van der Waals surface area (Å²) in [5.74, 6) is 0.0145. The summed E-state index contributed by atoms with van der Waals surface area (Å²) in [6, 6.07) is 7.05. The van der Waals surface area contributed by atoms with Gasteiger partial charge in [-0.25, -0.2) is 13.2 Å². The van der Waals surface area contributed by atoms with Crippen molar-refractivity contribution in [3.05, 3.63) is 36.1 Å². The van der Waals surface area contributed by atoms with E-state index in [4.69, 9.17) is 4.42 Å². The van der Waals surface area contributed by atoms with Gasteiger partial charge in [0.15, 0.2) is 9.84 Å². The number of rotatable bonds is 2. The van der Waals surface area contributed by atoms with Crippen LogP contribution < -0.4 is 5.32 Å². The van der Waals surface area contributed by atoms with Gasteiger partial charge in [0, 0.05) is 30.1 Å². The Balaban J connectivity index is 1.68. The van der Waals surface area contributed by atoms with Crippen LogP contribution in [0.25, 0.3) is 11.0 Å². The van der Waals surface area contributed by atoms with E-state index in [1.807, 2.05) is 24.3 Å². The van der Waals surface area contributed by atoms with Crippen LogP contribution in [0.1, 0.15) is 19.4 Å². The number of hydrogen-bond donors (Lipinski definition) is 1. The number of fused-ring (bicyclic) bond motifs is 1. The largest absolute Gasteiger partial charge is 0.464 e. The molecule has 1 N–H and O–H groups in total. The first-order chi connectivity index (χ1) is 10.9. The second-order valence-electron chi connectivity index (χ2n) is 5.92. The molecule has 0 saturated carbocycles. The molecule has 2 heterocycles. The number of nitrogens with one attached hydrogen (secondary N) is 1. The van der Waals surface area contributed by atoms with Gasteiger partial charge in [0.25, 0.3) is 0 Å². The minimum Gasteiger partial charge on any atom is -0.464 e. The third kappa shape index (κ3) is 2.93. The molecule has 124 valence electrons. The van der Waals surface area contributed by atoms with Gasteiger partial charge in [-0.05, 0) is 19.9 Å². The normalized spacial score (nSPS) is 23.8. The van der Waals surface area contributed by atoms with E-state index >= 15 is 0 Å². The van der Waals surface area contributed by atoms with Crippen LogP contribution in [-0.4, -0.2) is 42.9 Å². The van der Waals surface area contributed by atoms with Crippen LogP contribution in [0.4, 0.5) is 4.79 Å². The second kappa shape index (κ2) is 5.88. The molecule has 1 fully saturated rings. The molecule has 1 aliphatic rings. The van der Waals surface area contributed by atoms with Crippen LogP contribution in [-0.2, 0) is 16.4 Å². The highest BCUT2D eigenvalue weighted by Gasteiger charge is 2.37. The van der Waals surface area contributed by atoms with Gasteiger partial charge in [-0.1, -0.05) is 18.2 Å². The lowest BCUT2D eigenvalue weighted by molar-refractivity contribution is 0.177. The van der Waals surface area contributed by atoms with E-state index in [1.54, 1.807) is 25.0 Å². The van der Waals surface area contributed by atoms with E-state index in [2.05, 4.69) is 5.32 Å². The average Bonchev–Trinajstić information content (AvgIpc) is 2.94. The maximum atomic E-state index is 12.4. The molecule has 0 unspecified atom stereocenters. The molecule has 1 saturated heterocycles. The van der Waals surface area contributed by atoms with Gasteiger partial charge in [0.05, 0.1) is 17.3 Å². The minimum atomic E-state index is -3.10. The summed E-state index contributed by atoms with van der Waals surface area (Å²) >= 11 is 0. The zero-order valence-electron chi connectivity index (χ0n) is 13.2. The highest BCUT2D eigenvalue weighted by atomic mass is 32.2. The molecule has 1 aliphatic heterocycles. The van der Waals surface area contributed by atoms with Crippen LogP contribution in [0.5, 0.6) is 0 Å². The predicted octanol–water partition coefficient (Wildman–Crippen LogP) is 2.15. The Labute approximate surface area is 135 Å². The number of sulfone groups is 1. The first-order valence-electron chi connectivity index (χ1n) is 7.61. The van der Waals surface area contributed by atoms with Gasteiger partial charge in [-0.2, -0.15) is 0 Å². The van der Waals surface area contributed by atoms with Crippen molar-refractivity contribution < 1.29 is 17.6 Å². The first kappa shape index (κ1) is 15.9. The molecule has 0 aliphatic carbocycles. The van der Waals surface area contributed by atoms with E-state index < -0.39 is 15.1 Å². The lowest BCUT2D eigenvalue weighted by Gasteiger charge is -2.37. The molecule has 0 bridgehead atoms. The molecule has 6 nitrogen and oxygen atoms in total. The highest BCUT2D eigenvalue weighted by molar-refractivity contribution is 7.92. The Hall–Kier alpha value is -2.02. The number of furan rings is 1. The number of benzene rings is 1. The molecule has 2 amide bonds. The van der Waals surface area contributed by atoms with Crippen molar-refractivity contribution in [1.82, 2.24) is 10.2 Å². The lowest BCUT2D eigenvalue weighted by atomic mass is 10.2. The highest BCUT2D eigenvalue weighted by Crippen LogP contribution is 2.22. The van der Waals surface area contributed by atoms with Gasteiger partial charge in [0.2, 0.25) is 0 Å². The summed E-state index contributed by atoms with van der Waals surface area (Å²) in [7, 11) is -3.10. The summed E-state index contributed by atoms with van der Waals surface area (Å²) in [5, 5.41) is 3.28. The summed E-state index contributed by atoms with van der Waals surface area (Å²) in [5.41, 5.74) is 1.68. The van der Waals surface area contributed by atoms with Gasteiger partial charge in [-0.15, -0.1) is 0 Å². The Bertz CT molecular complexity index is 827. The summed E-state index contributed by atoms with van der Waals surface area (Å²) in [6.45, 7) is 4.00. The number of para-hydroxylation sites is 1. The lowest BCUT2D eigenvalue weighted by Crippen LogP contribution is -2.56. The van der Waals surface area contributed by atoms with Crippen molar-refractivity contribution in [3.63, 3.8) is 0 Å². The Kier molecular flexibility index (Phi) is 4.06. The number of nitrogens with zero attached hydrogens (tertiary/aromatic N) is 1. The fourth-order valence-electron chi connectivity index (χ4n) is 2.90. The third-order valence-electron chi connectivity index (χ3n) is 4.61. The van der Waals surface area contributed by atoms with Crippen LogP contribution in [0.2, 0.25) is 0 Å². The van der Waals surface area contributed by atoms with Gasteiger partial charge in [-0.3, -0.25) is 0 Å². The molecule has 0 spiro atoms. The van der Waals surface area contributed by atoms with E-state index in [0.717, 1.165) is 16.5 Å². The van der Waals surface area contributed by atoms with E-state index in [1.165, 1.54) is 0 Å². The Morgan fingerprint density at radius 2 is 2.09 bits per heavy atom. The van der Waals surface area contributed by atoms with Gasteiger partial charge < -0.3 is 14.6 Å². The van der Waals surface area contributed by atoms with Crippen molar-refractivity contribution >= 4 is 26.8 Å². The monoisotopic (exact) mass is 336 g/mol. The van der Waals surface area contributed by atoms with Crippen molar-refractivity contribution in [2.24, 2.45) is 0 Å². The van der Waals surface area contributed by atoms with Crippen LogP contribution in [0, 0.1) is 0 Å². The molecule has 3 rings (SSSR count). The van der Waals surface area contributed by atoms with E-state index in [9.17, 15) is 13.2 Å². The maximum absolute atomic E-state index is 12.4. The maximum Gasteiger partial charge on any atom is 0.317 e. The Morgan fingerprint density at radius 1 is 1.35 bits per heavy atom. The molecule has 2 atom stereocenters. The number of amides is 2. The predicted molar refractivity (Wildman–Crippen MR) is 87.9 cm³/mol. The zero-order valence-corrected chi connectivity index (χ0v) is 14.0. The molecule has 1 aromatic carbocycles. The summed E-state index contributed by atoms with van der Waals surface area (Å²) < 4.78 is 29.2. The minimum absolute atomic E-state index is 0.0145. The number of carbonyl (C=O) groups excluding carboxylic acids is 1. The fourth-order valence-corrected chi connectivity index (χ4v) is 4.47. The quantitative estimate of drug-likeness (QED) is 0.911. The summed E-state index contributed by atoms with van der Waals surface area (Å²) in [6.07, 6.45) is 1.64. The molecule has 0 radical (unpaired) electrons. The third-order valence-corrected chi connectivity index (χ3v) is 6.88. The standard InChI is InChI=1S/C16H20N2O4S/c1-11-12(2)23(20,21)8-7-18(11)16(19)17-9-13-10-22-15-6-4-3-5-14(13)15/h3-6,10-12H,7-9H2,1-2H3,(H,17,19)/t11-,12+/m0/s1. The van der Waals surface area contributed by atoms with Crippen LogP contribution in [0.15, 0.2) is 34.9 Å². The topological polar surface area (TPSA) is 79.6 Å². The molecular formula is C16H20N2O4S. The van der Waals surface area contributed by atoms with Crippen LogP contribution in [0.3, 0.4) is 0 Å². The van der Waals surface area contributed by atoms with Gasteiger partial charge >= 0.3 is 6.03 Å². The molecule has 23 heavy (non-hydrogen) atoms. The van der Waals surface area contributed by atoms with Crippen molar-refractivity contribution in [2.45, 2.75) is 31.7 Å². The molecule has 2 aromatic rings. The van der Waals surface area contributed by atoms with Crippen molar-refractivity contribution in [3.8, 4) is 0 Å². The van der Waals surface area contributed by atoms with E-state index in [0.29, 0.717) is 6.54 Å². The van der Waals surface area contributed by atoms with Crippen LogP contribution >= 0.6 is 0 Å². The average molecular weight is 336 g/mol. The SMILES string of the molecule is C[C@@H]1[C@H](C)N(C(=O)NCc2coc3ccccc23)CCS1(=O)=O. The first-order valence-corrected chi connectivity index (χ1v) is 9.33. The fraction of sp³-hybridized carbons (Fsp3) is 0.438. The molecular weight excluding hydrogens is 316 g/mol. The molecule has 7 heteroatoms. The molecule has 1 aromatic heterocycles.